The summed E-state index contributed by atoms with van der Waals surface area (Å²) in [4.78, 5) is 4.00. The Morgan fingerprint density at radius 2 is 2.38 bits per heavy atom. The average molecular weight is 180 g/mol. The molecule has 1 atom stereocenters. The third-order valence-electron chi connectivity index (χ3n) is 1.79. The molecule has 1 heterocycles. The summed E-state index contributed by atoms with van der Waals surface area (Å²) in [6, 6.07) is 1.89. The summed E-state index contributed by atoms with van der Waals surface area (Å²) in [5.41, 5.74) is 1.07. The Hall–Kier alpha value is -1.09. The second kappa shape index (κ2) is 4.82. The summed E-state index contributed by atoms with van der Waals surface area (Å²) in [7, 11) is 1.92. The maximum Gasteiger partial charge on any atom is 0.125 e. The number of nitrogens with zero attached hydrogens (tertiary/aromatic N) is 1. The van der Waals surface area contributed by atoms with Gasteiger partial charge < -0.3 is 10.1 Å². The van der Waals surface area contributed by atoms with Gasteiger partial charge in [-0.1, -0.05) is 0 Å². The number of rotatable bonds is 4. The predicted octanol–water partition coefficient (Wildman–Crippen LogP) is 1.38. The molecule has 1 aromatic rings. The minimum absolute atomic E-state index is 0.186. The van der Waals surface area contributed by atoms with Crippen LogP contribution in [0.4, 0.5) is 0 Å². The second-order valence-corrected chi connectivity index (χ2v) is 3.13. The number of likely N-dealkylation sites (N-methyl/N-ethyl adjacent to an activating group) is 1. The van der Waals surface area contributed by atoms with E-state index in [0.29, 0.717) is 0 Å². The molecule has 0 fully saturated rings. The van der Waals surface area contributed by atoms with Crippen LogP contribution in [-0.2, 0) is 0 Å². The van der Waals surface area contributed by atoms with E-state index in [1.54, 1.807) is 12.4 Å². The Morgan fingerprint density at radius 1 is 1.62 bits per heavy atom. The zero-order chi connectivity index (χ0) is 9.68. The minimum atomic E-state index is 0.186. The van der Waals surface area contributed by atoms with Crippen molar-refractivity contribution >= 4 is 0 Å². The Kier molecular flexibility index (Phi) is 3.71. The molecule has 1 aromatic heterocycles. The molecule has 0 aromatic carbocycles. The first-order valence-electron chi connectivity index (χ1n) is 4.46. The lowest BCUT2D eigenvalue weighted by molar-refractivity contribution is 0.219. The van der Waals surface area contributed by atoms with E-state index in [1.807, 2.05) is 27.0 Å². The Bertz CT molecular complexity index is 263. The number of hydrogen-bond donors (Lipinski definition) is 1. The topological polar surface area (TPSA) is 34.1 Å². The number of hydrogen-bond acceptors (Lipinski definition) is 3. The van der Waals surface area contributed by atoms with Crippen molar-refractivity contribution < 1.29 is 4.74 Å². The van der Waals surface area contributed by atoms with E-state index in [4.69, 9.17) is 4.74 Å². The van der Waals surface area contributed by atoms with Crippen LogP contribution in [0.2, 0.25) is 0 Å². The van der Waals surface area contributed by atoms with Gasteiger partial charge in [0.05, 0.1) is 0 Å². The molecule has 0 aliphatic heterocycles. The van der Waals surface area contributed by atoms with E-state index in [2.05, 4.69) is 10.3 Å². The summed E-state index contributed by atoms with van der Waals surface area (Å²) in [6.45, 7) is 4.88. The number of aryl methyl sites for hydroxylation is 1. The molecule has 0 aliphatic rings. The van der Waals surface area contributed by atoms with Crippen LogP contribution >= 0.6 is 0 Å². The molecule has 72 valence electrons. The van der Waals surface area contributed by atoms with Crippen molar-refractivity contribution in [2.75, 3.05) is 13.6 Å². The van der Waals surface area contributed by atoms with Crippen molar-refractivity contribution in [1.29, 1.82) is 0 Å². The van der Waals surface area contributed by atoms with Crippen molar-refractivity contribution in [3.05, 3.63) is 24.0 Å². The van der Waals surface area contributed by atoms with Crippen molar-refractivity contribution in [3.8, 4) is 5.75 Å². The van der Waals surface area contributed by atoms with E-state index in [9.17, 15) is 0 Å². The van der Waals surface area contributed by atoms with Crippen LogP contribution in [-0.4, -0.2) is 24.7 Å². The van der Waals surface area contributed by atoms with Crippen LogP contribution in [0.25, 0.3) is 0 Å². The zero-order valence-corrected chi connectivity index (χ0v) is 8.37. The zero-order valence-electron chi connectivity index (χ0n) is 8.37. The second-order valence-electron chi connectivity index (χ2n) is 3.13. The lowest BCUT2D eigenvalue weighted by atomic mass is 10.3. The van der Waals surface area contributed by atoms with Crippen molar-refractivity contribution in [3.63, 3.8) is 0 Å². The highest BCUT2D eigenvalue weighted by atomic mass is 16.5. The van der Waals surface area contributed by atoms with E-state index in [1.165, 1.54) is 0 Å². The maximum absolute atomic E-state index is 5.68. The molecule has 0 aliphatic carbocycles. The van der Waals surface area contributed by atoms with Crippen LogP contribution in [0.15, 0.2) is 18.5 Å². The molecule has 1 rings (SSSR count). The van der Waals surface area contributed by atoms with Gasteiger partial charge in [-0.15, -0.1) is 0 Å². The summed E-state index contributed by atoms with van der Waals surface area (Å²) in [6.07, 6.45) is 3.74. The van der Waals surface area contributed by atoms with Crippen molar-refractivity contribution in [2.24, 2.45) is 0 Å². The van der Waals surface area contributed by atoms with Crippen LogP contribution < -0.4 is 10.1 Å². The van der Waals surface area contributed by atoms with E-state index in [0.717, 1.165) is 17.9 Å². The van der Waals surface area contributed by atoms with Gasteiger partial charge in [0, 0.05) is 24.5 Å². The average Bonchev–Trinajstić information content (AvgIpc) is 2.09. The standard InChI is InChI=1S/C10H16N2O/c1-8-6-12-5-4-10(8)13-9(2)7-11-3/h4-6,9,11H,7H2,1-3H3. The lowest BCUT2D eigenvalue weighted by Gasteiger charge is -2.15. The molecule has 13 heavy (non-hydrogen) atoms. The summed E-state index contributed by atoms with van der Waals surface area (Å²) in [5.74, 6) is 0.915. The predicted molar refractivity (Wildman–Crippen MR) is 53.0 cm³/mol. The number of aromatic nitrogens is 1. The summed E-state index contributed by atoms with van der Waals surface area (Å²) in [5, 5.41) is 3.07. The molecule has 1 unspecified atom stereocenters. The third kappa shape index (κ3) is 3.03. The van der Waals surface area contributed by atoms with Gasteiger partial charge in [-0.05, 0) is 27.0 Å². The molecule has 0 saturated heterocycles. The maximum atomic E-state index is 5.68. The van der Waals surface area contributed by atoms with Gasteiger partial charge in [-0.2, -0.15) is 0 Å². The van der Waals surface area contributed by atoms with Crippen molar-refractivity contribution in [2.45, 2.75) is 20.0 Å². The molecule has 3 heteroatoms. The van der Waals surface area contributed by atoms with Crippen LogP contribution in [0, 0.1) is 6.92 Å². The summed E-state index contributed by atoms with van der Waals surface area (Å²) >= 11 is 0. The largest absolute Gasteiger partial charge is 0.489 e. The molecule has 0 bridgehead atoms. The molecule has 0 spiro atoms. The van der Waals surface area contributed by atoms with E-state index >= 15 is 0 Å². The highest BCUT2D eigenvalue weighted by Crippen LogP contribution is 2.15. The smallest absolute Gasteiger partial charge is 0.125 e. The molecule has 3 nitrogen and oxygen atoms in total. The first-order valence-corrected chi connectivity index (χ1v) is 4.46. The fourth-order valence-electron chi connectivity index (χ4n) is 1.14. The van der Waals surface area contributed by atoms with Crippen molar-refractivity contribution in [1.82, 2.24) is 10.3 Å². The van der Waals surface area contributed by atoms with Crippen LogP contribution in [0.5, 0.6) is 5.75 Å². The van der Waals surface area contributed by atoms with Crippen LogP contribution in [0.1, 0.15) is 12.5 Å². The number of nitrogens with one attached hydrogen (secondary N) is 1. The van der Waals surface area contributed by atoms with Gasteiger partial charge >= 0.3 is 0 Å². The Labute approximate surface area is 79.1 Å². The molecule has 0 amide bonds. The normalized spacial score (nSPS) is 12.5. The first kappa shape index (κ1) is 9.99. The summed E-state index contributed by atoms with van der Waals surface area (Å²) < 4.78 is 5.68. The molecule has 0 radical (unpaired) electrons. The number of ether oxygens (including phenoxy) is 1. The quantitative estimate of drug-likeness (QED) is 0.760. The molecule has 0 saturated carbocycles. The fraction of sp³-hybridized carbons (Fsp3) is 0.500. The van der Waals surface area contributed by atoms with Gasteiger partial charge in [0.1, 0.15) is 11.9 Å². The fourth-order valence-corrected chi connectivity index (χ4v) is 1.14. The highest BCUT2D eigenvalue weighted by Gasteiger charge is 2.04. The van der Waals surface area contributed by atoms with Crippen LogP contribution in [0.3, 0.4) is 0 Å². The van der Waals surface area contributed by atoms with E-state index in [-0.39, 0.29) is 6.10 Å². The molecular weight excluding hydrogens is 164 g/mol. The third-order valence-corrected chi connectivity index (χ3v) is 1.79. The van der Waals surface area contributed by atoms with Gasteiger partial charge in [0.15, 0.2) is 0 Å². The van der Waals surface area contributed by atoms with E-state index < -0.39 is 0 Å². The number of pyridine rings is 1. The van der Waals surface area contributed by atoms with Gasteiger partial charge in [0.2, 0.25) is 0 Å². The SMILES string of the molecule is CNCC(C)Oc1ccncc1C. The van der Waals surface area contributed by atoms with Gasteiger partial charge in [-0.25, -0.2) is 0 Å². The lowest BCUT2D eigenvalue weighted by Crippen LogP contribution is -2.26. The van der Waals surface area contributed by atoms with Gasteiger partial charge in [0.25, 0.3) is 0 Å². The molecule has 1 N–H and O–H groups in total. The molecular formula is C10H16N2O. The minimum Gasteiger partial charge on any atom is -0.489 e. The highest BCUT2D eigenvalue weighted by molar-refractivity contribution is 5.28. The first-order chi connectivity index (χ1) is 6.24. The monoisotopic (exact) mass is 180 g/mol. The van der Waals surface area contributed by atoms with Gasteiger partial charge in [-0.3, -0.25) is 4.98 Å². The Morgan fingerprint density at radius 3 is 3.00 bits per heavy atom. The Balaban J connectivity index is 2.58.